The minimum absolute atomic E-state index is 0.0378. The van der Waals surface area contributed by atoms with E-state index in [9.17, 15) is 14.4 Å². The maximum Gasteiger partial charge on any atom is 0.409 e. The summed E-state index contributed by atoms with van der Waals surface area (Å²) in [6.07, 6.45) is 1.47. The Balaban J connectivity index is 1.76. The molecular formula is C17H29N3O4. The molecule has 0 radical (unpaired) electrons. The van der Waals surface area contributed by atoms with Gasteiger partial charge in [-0.2, -0.15) is 0 Å². The van der Waals surface area contributed by atoms with Crippen LogP contribution in [0.3, 0.4) is 0 Å². The lowest BCUT2D eigenvalue weighted by atomic mass is 10.0. The quantitative estimate of drug-likeness (QED) is 0.817. The van der Waals surface area contributed by atoms with Crippen molar-refractivity contribution in [2.45, 2.75) is 46.1 Å². The van der Waals surface area contributed by atoms with Crippen LogP contribution in [0.25, 0.3) is 0 Å². The van der Waals surface area contributed by atoms with E-state index < -0.39 is 0 Å². The van der Waals surface area contributed by atoms with Crippen molar-refractivity contribution in [1.29, 1.82) is 0 Å². The Bertz CT molecular complexity index is 472. The summed E-state index contributed by atoms with van der Waals surface area (Å²) in [6, 6.07) is 0.0671. The summed E-state index contributed by atoms with van der Waals surface area (Å²) in [6.45, 7) is 8.70. The van der Waals surface area contributed by atoms with E-state index in [-0.39, 0.29) is 29.9 Å². The number of likely N-dealkylation sites (tertiary alicyclic amines) is 2. The van der Waals surface area contributed by atoms with E-state index in [0.29, 0.717) is 45.1 Å². The van der Waals surface area contributed by atoms with Crippen molar-refractivity contribution >= 4 is 17.9 Å². The number of carbonyl (C=O) groups excluding carboxylic acids is 3. The van der Waals surface area contributed by atoms with Gasteiger partial charge >= 0.3 is 6.09 Å². The number of ether oxygens (including phenoxy) is 1. The third-order valence-electron chi connectivity index (χ3n) is 4.54. The second kappa shape index (κ2) is 8.35. The number of hydrogen-bond donors (Lipinski definition) is 1. The Kier molecular flexibility index (Phi) is 6.45. The number of hydrogen-bond acceptors (Lipinski definition) is 4. The first-order chi connectivity index (χ1) is 11.4. The minimum Gasteiger partial charge on any atom is -0.450 e. The smallest absolute Gasteiger partial charge is 0.409 e. The van der Waals surface area contributed by atoms with Crippen LogP contribution in [0, 0.1) is 11.8 Å². The summed E-state index contributed by atoms with van der Waals surface area (Å²) in [7, 11) is 0. The summed E-state index contributed by atoms with van der Waals surface area (Å²) in [5.74, 6) is 0.187. The van der Waals surface area contributed by atoms with Crippen molar-refractivity contribution in [2.24, 2.45) is 11.8 Å². The zero-order valence-electron chi connectivity index (χ0n) is 14.9. The Morgan fingerprint density at radius 1 is 1.29 bits per heavy atom. The molecule has 0 saturated carbocycles. The summed E-state index contributed by atoms with van der Waals surface area (Å²) >= 11 is 0. The van der Waals surface area contributed by atoms with Gasteiger partial charge in [0.1, 0.15) is 0 Å². The number of carbonyl (C=O) groups is 3. The van der Waals surface area contributed by atoms with Crippen LogP contribution in [0.1, 0.15) is 40.0 Å². The van der Waals surface area contributed by atoms with E-state index in [4.69, 9.17) is 4.74 Å². The highest BCUT2D eigenvalue weighted by atomic mass is 16.6. The molecule has 0 aromatic heterocycles. The summed E-state index contributed by atoms with van der Waals surface area (Å²) < 4.78 is 4.99. The Labute approximate surface area is 143 Å². The monoisotopic (exact) mass is 339 g/mol. The Morgan fingerprint density at radius 3 is 2.54 bits per heavy atom. The zero-order chi connectivity index (χ0) is 17.7. The van der Waals surface area contributed by atoms with Crippen LogP contribution < -0.4 is 5.32 Å². The number of rotatable bonds is 5. The van der Waals surface area contributed by atoms with Crippen LogP contribution in [0.5, 0.6) is 0 Å². The van der Waals surface area contributed by atoms with Gasteiger partial charge in [-0.15, -0.1) is 0 Å². The van der Waals surface area contributed by atoms with E-state index in [2.05, 4.69) is 19.2 Å². The van der Waals surface area contributed by atoms with E-state index in [0.717, 1.165) is 12.8 Å². The molecule has 1 unspecified atom stereocenters. The SMILES string of the molecule is CCOC(=O)N1CCC(NC(=O)C2CC(=O)N(CC(C)C)C2)CC1. The molecule has 7 nitrogen and oxygen atoms in total. The second-order valence-corrected chi connectivity index (χ2v) is 7.06. The molecule has 0 bridgehead atoms. The van der Waals surface area contributed by atoms with E-state index in [1.54, 1.807) is 16.7 Å². The van der Waals surface area contributed by atoms with Gasteiger partial charge in [-0.3, -0.25) is 9.59 Å². The van der Waals surface area contributed by atoms with Gasteiger partial charge in [0.05, 0.1) is 12.5 Å². The molecule has 1 atom stereocenters. The fourth-order valence-electron chi connectivity index (χ4n) is 3.31. The van der Waals surface area contributed by atoms with Gasteiger partial charge in [0.15, 0.2) is 0 Å². The summed E-state index contributed by atoms with van der Waals surface area (Å²) in [5, 5.41) is 3.05. The normalized spacial score (nSPS) is 22.2. The largest absolute Gasteiger partial charge is 0.450 e. The van der Waals surface area contributed by atoms with Gasteiger partial charge in [-0.1, -0.05) is 13.8 Å². The van der Waals surface area contributed by atoms with Gasteiger partial charge in [0, 0.05) is 38.6 Å². The number of amides is 3. The van der Waals surface area contributed by atoms with Crippen molar-refractivity contribution in [3.63, 3.8) is 0 Å². The predicted molar refractivity (Wildman–Crippen MR) is 89.3 cm³/mol. The molecule has 0 spiro atoms. The maximum atomic E-state index is 12.4. The number of nitrogens with zero attached hydrogens (tertiary/aromatic N) is 2. The molecular weight excluding hydrogens is 310 g/mol. The topological polar surface area (TPSA) is 79.0 Å². The van der Waals surface area contributed by atoms with Gasteiger partial charge in [0.25, 0.3) is 0 Å². The van der Waals surface area contributed by atoms with Crippen molar-refractivity contribution in [1.82, 2.24) is 15.1 Å². The highest BCUT2D eigenvalue weighted by Crippen LogP contribution is 2.20. The van der Waals surface area contributed by atoms with Gasteiger partial charge < -0.3 is 19.9 Å². The second-order valence-electron chi connectivity index (χ2n) is 7.06. The van der Waals surface area contributed by atoms with Crippen molar-refractivity contribution in [3.8, 4) is 0 Å². The molecule has 0 aromatic carbocycles. The van der Waals surface area contributed by atoms with Crippen LogP contribution in [-0.4, -0.2) is 66.5 Å². The molecule has 7 heteroatoms. The molecule has 2 rings (SSSR count). The first kappa shape index (κ1) is 18.5. The summed E-state index contributed by atoms with van der Waals surface area (Å²) in [4.78, 5) is 39.5. The van der Waals surface area contributed by atoms with Crippen molar-refractivity contribution < 1.29 is 19.1 Å². The molecule has 3 amide bonds. The summed E-state index contributed by atoms with van der Waals surface area (Å²) in [5.41, 5.74) is 0. The van der Waals surface area contributed by atoms with Crippen LogP contribution in [0.2, 0.25) is 0 Å². The third-order valence-corrected chi connectivity index (χ3v) is 4.54. The highest BCUT2D eigenvalue weighted by molar-refractivity contribution is 5.89. The van der Waals surface area contributed by atoms with Gasteiger partial charge in [-0.05, 0) is 25.7 Å². The third kappa shape index (κ3) is 4.85. The Morgan fingerprint density at radius 2 is 1.96 bits per heavy atom. The predicted octanol–water partition coefficient (Wildman–Crippen LogP) is 1.23. The standard InChI is InChI=1S/C17H29N3O4/c1-4-24-17(23)19-7-5-14(6-8-19)18-16(22)13-9-15(21)20(11-13)10-12(2)3/h12-14H,4-11H2,1-3H3,(H,18,22). The molecule has 2 aliphatic heterocycles. The van der Waals surface area contributed by atoms with E-state index in [1.807, 2.05) is 0 Å². The zero-order valence-corrected chi connectivity index (χ0v) is 14.9. The van der Waals surface area contributed by atoms with Crippen LogP contribution in [0.15, 0.2) is 0 Å². The molecule has 136 valence electrons. The van der Waals surface area contributed by atoms with Crippen molar-refractivity contribution in [3.05, 3.63) is 0 Å². The van der Waals surface area contributed by atoms with E-state index >= 15 is 0 Å². The fraction of sp³-hybridized carbons (Fsp3) is 0.824. The molecule has 2 heterocycles. The lowest BCUT2D eigenvalue weighted by molar-refractivity contribution is -0.129. The molecule has 2 aliphatic rings. The molecule has 24 heavy (non-hydrogen) atoms. The van der Waals surface area contributed by atoms with Crippen LogP contribution in [0.4, 0.5) is 4.79 Å². The Hall–Kier alpha value is -1.79. The molecule has 2 fully saturated rings. The molecule has 0 aromatic rings. The fourth-order valence-corrected chi connectivity index (χ4v) is 3.31. The lowest BCUT2D eigenvalue weighted by Crippen LogP contribution is -2.48. The average Bonchev–Trinajstić information content (AvgIpc) is 2.88. The number of nitrogens with one attached hydrogen (secondary N) is 1. The average molecular weight is 339 g/mol. The minimum atomic E-state index is -0.284. The molecule has 0 aliphatic carbocycles. The first-order valence-corrected chi connectivity index (χ1v) is 8.90. The molecule has 1 N–H and O–H groups in total. The van der Waals surface area contributed by atoms with E-state index in [1.165, 1.54) is 0 Å². The number of piperidine rings is 1. The highest BCUT2D eigenvalue weighted by Gasteiger charge is 2.35. The lowest BCUT2D eigenvalue weighted by Gasteiger charge is -2.32. The van der Waals surface area contributed by atoms with Crippen LogP contribution >= 0.6 is 0 Å². The molecule has 2 saturated heterocycles. The van der Waals surface area contributed by atoms with Gasteiger partial charge in [-0.25, -0.2) is 4.79 Å². The van der Waals surface area contributed by atoms with Gasteiger partial charge in [0.2, 0.25) is 11.8 Å². The van der Waals surface area contributed by atoms with Crippen molar-refractivity contribution in [2.75, 3.05) is 32.8 Å². The first-order valence-electron chi connectivity index (χ1n) is 8.90. The van der Waals surface area contributed by atoms with Crippen LogP contribution in [-0.2, 0) is 14.3 Å². The maximum absolute atomic E-state index is 12.4.